The van der Waals surface area contributed by atoms with Gasteiger partial charge in [-0.1, -0.05) is 12.1 Å². The van der Waals surface area contributed by atoms with E-state index in [1.54, 1.807) is 13.2 Å². The lowest BCUT2D eigenvalue weighted by Crippen LogP contribution is -2.45. The standard InChI is InChI=1S/C17H23N5O2.HI/c1-18-17(19-8-4-10-22-11-5-9-21-22)20-12-14-13-23-15-6-2-3-7-16(15)24-14;/h2-3,5-7,9,11,14H,4,8,10,12-13H2,1H3,(H2,18,19,20);1H. The van der Waals surface area contributed by atoms with Gasteiger partial charge in [0.2, 0.25) is 0 Å². The maximum absolute atomic E-state index is 5.92. The number of ether oxygens (including phenoxy) is 2. The fourth-order valence-electron chi connectivity index (χ4n) is 2.48. The monoisotopic (exact) mass is 457 g/mol. The van der Waals surface area contributed by atoms with Gasteiger partial charge in [0.25, 0.3) is 0 Å². The summed E-state index contributed by atoms with van der Waals surface area (Å²) in [6.07, 6.45) is 4.69. The van der Waals surface area contributed by atoms with E-state index in [4.69, 9.17) is 9.47 Å². The van der Waals surface area contributed by atoms with Gasteiger partial charge in [0.1, 0.15) is 12.7 Å². The summed E-state index contributed by atoms with van der Waals surface area (Å²) < 4.78 is 13.5. The molecule has 0 saturated carbocycles. The van der Waals surface area contributed by atoms with Crippen molar-refractivity contribution in [3.63, 3.8) is 0 Å². The number of hydrogen-bond acceptors (Lipinski definition) is 4. The van der Waals surface area contributed by atoms with Crippen LogP contribution < -0.4 is 20.1 Å². The number of nitrogens with zero attached hydrogens (tertiary/aromatic N) is 3. The minimum absolute atomic E-state index is 0. The lowest BCUT2D eigenvalue weighted by Gasteiger charge is -2.27. The second-order valence-electron chi connectivity index (χ2n) is 5.50. The molecule has 2 aromatic rings. The molecule has 0 amide bonds. The normalized spacial score (nSPS) is 16.0. The lowest BCUT2D eigenvalue weighted by atomic mass is 10.2. The largest absolute Gasteiger partial charge is 0.486 e. The number of halogens is 1. The van der Waals surface area contributed by atoms with E-state index in [1.165, 1.54) is 0 Å². The van der Waals surface area contributed by atoms with Gasteiger partial charge in [0, 0.05) is 32.5 Å². The summed E-state index contributed by atoms with van der Waals surface area (Å²) in [6, 6.07) is 9.65. The highest BCUT2D eigenvalue weighted by atomic mass is 127. The molecule has 0 fully saturated rings. The van der Waals surface area contributed by atoms with Crippen molar-refractivity contribution in [1.29, 1.82) is 0 Å². The number of nitrogens with one attached hydrogen (secondary N) is 2. The van der Waals surface area contributed by atoms with Crippen molar-refractivity contribution >= 4 is 29.9 Å². The molecule has 1 aromatic carbocycles. The number of rotatable bonds is 6. The van der Waals surface area contributed by atoms with Gasteiger partial charge in [0.15, 0.2) is 17.5 Å². The summed E-state index contributed by atoms with van der Waals surface area (Å²) in [4.78, 5) is 4.23. The van der Waals surface area contributed by atoms with Crippen LogP contribution in [-0.2, 0) is 6.54 Å². The van der Waals surface area contributed by atoms with Gasteiger partial charge >= 0.3 is 0 Å². The molecule has 0 saturated heterocycles. The van der Waals surface area contributed by atoms with Crippen LogP contribution in [0.4, 0.5) is 0 Å². The summed E-state index contributed by atoms with van der Waals surface area (Å²) in [5.41, 5.74) is 0. The molecule has 0 spiro atoms. The van der Waals surface area contributed by atoms with Crippen LogP contribution in [0.1, 0.15) is 6.42 Å². The third kappa shape index (κ3) is 5.80. The number of para-hydroxylation sites is 2. The molecule has 7 nitrogen and oxygen atoms in total. The van der Waals surface area contributed by atoms with Crippen LogP contribution >= 0.6 is 24.0 Å². The molecule has 1 unspecified atom stereocenters. The van der Waals surface area contributed by atoms with Crippen LogP contribution in [0.25, 0.3) is 0 Å². The first-order chi connectivity index (χ1) is 11.8. The molecular weight excluding hydrogens is 433 g/mol. The predicted octanol–water partition coefficient (Wildman–Crippen LogP) is 1.90. The molecule has 1 aliphatic rings. The van der Waals surface area contributed by atoms with E-state index >= 15 is 0 Å². The number of aromatic nitrogens is 2. The highest BCUT2D eigenvalue weighted by Crippen LogP contribution is 2.30. The van der Waals surface area contributed by atoms with Gasteiger partial charge < -0.3 is 20.1 Å². The van der Waals surface area contributed by atoms with E-state index in [1.807, 2.05) is 41.2 Å². The van der Waals surface area contributed by atoms with E-state index in [0.29, 0.717) is 13.2 Å². The number of aliphatic imine (C=N–C) groups is 1. The van der Waals surface area contributed by atoms with Crippen molar-refractivity contribution in [3.05, 3.63) is 42.7 Å². The van der Waals surface area contributed by atoms with E-state index in [2.05, 4.69) is 20.7 Å². The van der Waals surface area contributed by atoms with Gasteiger partial charge in [-0.05, 0) is 24.6 Å². The molecule has 1 aliphatic heterocycles. The fraction of sp³-hybridized carbons (Fsp3) is 0.412. The highest BCUT2D eigenvalue weighted by Gasteiger charge is 2.20. The lowest BCUT2D eigenvalue weighted by molar-refractivity contribution is 0.0936. The minimum atomic E-state index is -0.0393. The van der Waals surface area contributed by atoms with E-state index in [0.717, 1.165) is 37.0 Å². The summed E-state index contributed by atoms with van der Waals surface area (Å²) in [5, 5.41) is 10.7. The zero-order valence-electron chi connectivity index (χ0n) is 14.2. The molecule has 3 rings (SSSR count). The van der Waals surface area contributed by atoms with Crippen LogP contribution in [-0.4, -0.2) is 48.6 Å². The Bertz CT molecular complexity index is 663. The fourth-order valence-corrected chi connectivity index (χ4v) is 2.48. The molecule has 8 heteroatoms. The maximum Gasteiger partial charge on any atom is 0.191 e. The van der Waals surface area contributed by atoms with Crippen molar-refractivity contribution < 1.29 is 9.47 Å². The Hall–Kier alpha value is -1.97. The van der Waals surface area contributed by atoms with Gasteiger partial charge in [-0.3, -0.25) is 9.67 Å². The molecule has 0 bridgehead atoms. The molecular formula is C17H24IN5O2. The SMILES string of the molecule is CN=C(NCCCn1cccn1)NCC1COc2ccccc2O1.I. The molecule has 2 heterocycles. The average molecular weight is 457 g/mol. The first-order valence-electron chi connectivity index (χ1n) is 8.15. The van der Waals surface area contributed by atoms with Gasteiger partial charge in [-0.15, -0.1) is 24.0 Å². The molecule has 0 radical (unpaired) electrons. The summed E-state index contributed by atoms with van der Waals surface area (Å²) >= 11 is 0. The minimum Gasteiger partial charge on any atom is -0.486 e. The van der Waals surface area contributed by atoms with Crippen LogP contribution in [0, 0.1) is 0 Å². The first-order valence-corrected chi connectivity index (χ1v) is 8.15. The quantitative estimate of drug-likeness (QED) is 0.300. The number of aryl methyl sites for hydroxylation is 1. The van der Waals surface area contributed by atoms with Crippen LogP contribution in [0.2, 0.25) is 0 Å². The van der Waals surface area contributed by atoms with Crippen molar-refractivity contribution in [2.75, 3.05) is 26.7 Å². The summed E-state index contributed by atoms with van der Waals surface area (Å²) in [6.45, 7) is 2.87. The Kier molecular flexibility index (Phi) is 7.83. The van der Waals surface area contributed by atoms with Crippen molar-refractivity contribution in [1.82, 2.24) is 20.4 Å². The third-order valence-corrected chi connectivity index (χ3v) is 3.70. The van der Waals surface area contributed by atoms with Gasteiger partial charge in [-0.25, -0.2) is 0 Å². The Morgan fingerprint density at radius 2 is 2.12 bits per heavy atom. The Morgan fingerprint density at radius 1 is 1.28 bits per heavy atom. The summed E-state index contributed by atoms with van der Waals surface area (Å²) in [7, 11) is 1.76. The molecule has 136 valence electrons. The molecule has 25 heavy (non-hydrogen) atoms. The van der Waals surface area contributed by atoms with Crippen molar-refractivity contribution in [2.45, 2.75) is 19.1 Å². The zero-order chi connectivity index (χ0) is 16.6. The molecule has 1 atom stereocenters. The summed E-state index contributed by atoms with van der Waals surface area (Å²) in [5.74, 6) is 2.35. The van der Waals surface area contributed by atoms with E-state index in [-0.39, 0.29) is 30.1 Å². The Balaban J connectivity index is 0.00000225. The van der Waals surface area contributed by atoms with Crippen LogP contribution in [0.15, 0.2) is 47.7 Å². The molecule has 0 aliphatic carbocycles. The predicted molar refractivity (Wildman–Crippen MR) is 108 cm³/mol. The number of benzene rings is 1. The first kappa shape index (κ1) is 19.4. The maximum atomic E-state index is 5.92. The van der Waals surface area contributed by atoms with Gasteiger partial charge in [-0.2, -0.15) is 5.10 Å². The number of hydrogen-bond donors (Lipinski definition) is 2. The van der Waals surface area contributed by atoms with E-state index < -0.39 is 0 Å². The second kappa shape index (κ2) is 10.1. The third-order valence-electron chi connectivity index (χ3n) is 3.70. The van der Waals surface area contributed by atoms with E-state index in [9.17, 15) is 0 Å². The van der Waals surface area contributed by atoms with Gasteiger partial charge in [0.05, 0.1) is 6.54 Å². The van der Waals surface area contributed by atoms with Crippen LogP contribution in [0.3, 0.4) is 0 Å². The van der Waals surface area contributed by atoms with Crippen molar-refractivity contribution in [3.8, 4) is 11.5 Å². The number of fused-ring (bicyclic) bond motifs is 1. The van der Waals surface area contributed by atoms with Crippen molar-refractivity contribution in [2.24, 2.45) is 4.99 Å². The molecule has 1 aromatic heterocycles. The topological polar surface area (TPSA) is 72.7 Å². The average Bonchev–Trinajstić information content (AvgIpc) is 3.14. The zero-order valence-corrected chi connectivity index (χ0v) is 16.6. The van der Waals surface area contributed by atoms with Crippen LogP contribution in [0.5, 0.6) is 11.5 Å². The Morgan fingerprint density at radius 3 is 2.88 bits per heavy atom. The highest BCUT2D eigenvalue weighted by molar-refractivity contribution is 14.0. The smallest absolute Gasteiger partial charge is 0.191 e. The number of guanidine groups is 1. The Labute approximate surface area is 164 Å². The second-order valence-corrected chi connectivity index (χ2v) is 5.50. The molecule has 2 N–H and O–H groups in total.